The van der Waals surface area contributed by atoms with Crippen LogP contribution in [0, 0.1) is 23.9 Å². The number of phenolic OH excluding ortho intramolecular Hbond substituents is 1. The molecule has 5 aromatic rings. The van der Waals surface area contributed by atoms with Crippen LogP contribution < -0.4 is 9.47 Å². The SMILES string of the molecule is COc1ccc2cc1OCc1ccc3c(c(O)cc4c3c1C=C[C@H]4C)[C@H](Cc1ccccc1)C#CO[C@@H](C[C@@H]1C=C(O)C=C[C@H]1CCCCc1ccccc1)CC(=O)CC2. The smallest absolute Gasteiger partial charge is 0.161 e. The predicted molar refractivity (Wildman–Crippen MR) is 239 cm³/mol. The number of fused-ring (bicyclic) bond motifs is 9. The zero-order chi connectivity index (χ0) is 41.4. The number of allylic oxidation sites excluding steroid dienone is 4. The lowest BCUT2D eigenvalue weighted by Crippen LogP contribution is -2.24. The summed E-state index contributed by atoms with van der Waals surface area (Å²) < 4.78 is 18.7. The number of carbonyl (C=O) groups is 1. The average molecular weight is 799 g/mol. The molecule has 60 heavy (non-hydrogen) atoms. The molecule has 0 saturated heterocycles. The lowest BCUT2D eigenvalue weighted by Gasteiger charge is -2.28. The van der Waals surface area contributed by atoms with Crippen molar-refractivity contribution in [1.29, 1.82) is 0 Å². The Morgan fingerprint density at radius 3 is 2.45 bits per heavy atom. The topological polar surface area (TPSA) is 85.2 Å². The fourth-order valence-corrected chi connectivity index (χ4v) is 9.21. The molecule has 0 spiro atoms. The summed E-state index contributed by atoms with van der Waals surface area (Å²) in [5.41, 5.74) is 7.31. The number of aliphatic hydroxyl groups is 1. The number of methoxy groups -OCH3 is 1. The molecule has 0 aromatic heterocycles. The third kappa shape index (κ3) is 9.48. The van der Waals surface area contributed by atoms with Gasteiger partial charge in [0, 0.05) is 24.3 Å². The van der Waals surface area contributed by atoms with Gasteiger partial charge < -0.3 is 24.4 Å². The molecule has 306 valence electrons. The molecule has 0 saturated carbocycles. The Morgan fingerprint density at radius 1 is 0.850 bits per heavy atom. The third-order valence-electron chi connectivity index (χ3n) is 12.5. The highest BCUT2D eigenvalue weighted by molar-refractivity contribution is 6.00. The maximum absolute atomic E-state index is 13.9. The van der Waals surface area contributed by atoms with E-state index in [9.17, 15) is 15.0 Å². The van der Waals surface area contributed by atoms with E-state index in [0.29, 0.717) is 43.8 Å². The van der Waals surface area contributed by atoms with E-state index in [4.69, 9.17) is 14.2 Å². The van der Waals surface area contributed by atoms with Crippen molar-refractivity contribution in [3.05, 3.63) is 166 Å². The van der Waals surface area contributed by atoms with Crippen LogP contribution in [0.25, 0.3) is 16.8 Å². The van der Waals surface area contributed by atoms with Crippen molar-refractivity contribution in [3.63, 3.8) is 0 Å². The first kappa shape index (κ1) is 40.6. The largest absolute Gasteiger partial charge is 0.508 e. The van der Waals surface area contributed by atoms with E-state index < -0.39 is 12.0 Å². The number of unbranched alkanes of at least 4 members (excludes halogenated alkanes) is 1. The number of hydrogen-bond acceptors (Lipinski definition) is 6. The first-order chi connectivity index (χ1) is 29.3. The van der Waals surface area contributed by atoms with Gasteiger partial charge in [-0.3, -0.25) is 4.79 Å². The first-order valence-electron chi connectivity index (χ1n) is 21.5. The molecule has 0 amide bonds. The van der Waals surface area contributed by atoms with E-state index in [1.165, 1.54) is 5.56 Å². The summed E-state index contributed by atoms with van der Waals surface area (Å²) >= 11 is 0. The van der Waals surface area contributed by atoms with Gasteiger partial charge in [0.1, 0.15) is 36.1 Å². The van der Waals surface area contributed by atoms with Gasteiger partial charge in [-0.05, 0) is 125 Å². The summed E-state index contributed by atoms with van der Waals surface area (Å²) in [5.74, 6) is 5.08. The Hall–Kier alpha value is -6.19. The number of Topliss-reactive ketones (excluding diaryl/α,β-unsaturated/α-hetero) is 1. The van der Waals surface area contributed by atoms with Crippen molar-refractivity contribution < 1.29 is 29.2 Å². The molecular weight excluding hydrogens is 745 g/mol. The van der Waals surface area contributed by atoms with E-state index in [-0.39, 0.29) is 41.5 Å². The minimum Gasteiger partial charge on any atom is -0.508 e. The highest BCUT2D eigenvalue weighted by atomic mass is 16.5. The number of aliphatic hydroxyl groups excluding tert-OH is 1. The van der Waals surface area contributed by atoms with Crippen LogP contribution >= 0.6 is 0 Å². The first-order valence-corrected chi connectivity index (χ1v) is 21.5. The molecule has 4 aliphatic rings. The number of ether oxygens (including phenoxy) is 3. The molecule has 2 aliphatic carbocycles. The van der Waals surface area contributed by atoms with Crippen LogP contribution in [-0.2, 0) is 35.4 Å². The Balaban J connectivity index is 1.16. The minimum absolute atomic E-state index is 0.0249. The Labute approximate surface area is 354 Å². The summed E-state index contributed by atoms with van der Waals surface area (Å²) in [7, 11) is 1.64. The van der Waals surface area contributed by atoms with Crippen molar-refractivity contribution >= 4 is 22.6 Å². The maximum Gasteiger partial charge on any atom is 0.161 e. The van der Waals surface area contributed by atoms with Crippen molar-refractivity contribution in [2.75, 3.05) is 7.11 Å². The number of hydrogen-bond donors (Lipinski definition) is 2. The number of carbonyl (C=O) groups excluding carboxylic acids is 1. The summed E-state index contributed by atoms with van der Waals surface area (Å²) in [4.78, 5) is 13.9. The van der Waals surface area contributed by atoms with Crippen LogP contribution in [0.5, 0.6) is 17.2 Å². The Bertz CT molecular complexity index is 2470. The number of rotatable bonds is 10. The van der Waals surface area contributed by atoms with Gasteiger partial charge in [0.05, 0.1) is 13.0 Å². The van der Waals surface area contributed by atoms with Gasteiger partial charge in [-0.25, -0.2) is 0 Å². The lowest BCUT2D eigenvalue weighted by molar-refractivity contribution is -0.121. The Morgan fingerprint density at radius 2 is 1.65 bits per heavy atom. The second-order valence-electron chi connectivity index (χ2n) is 16.6. The molecule has 2 heterocycles. The molecule has 0 unspecified atom stereocenters. The zero-order valence-corrected chi connectivity index (χ0v) is 34.6. The molecule has 9 rings (SSSR count). The van der Waals surface area contributed by atoms with Gasteiger partial charge in [0.2, 0.25) is 0 Å². The predicted octanol–water partition coefficient (Wildman–Crippen LogP) is 11.9. The van der Waals surface area contributed by atoms with Crippen LogP contribution in [0.3, 0.4) is 0 Å². The summed E-state index contributed by atoms with van der Waals surface area (Å²) in [6.45, 7) is 2.47. The van der Waals surface area contributed by atoms with Gasteiger partial charge in [0.25, 0.3) is 0 Å². The maximum atomic E-state index is 13.9. The minimum atomic E-state index is -0.509. The molecule has 6 bridgehead atoms. The second-order valence-corrected chi connectivity index (χ2v) is 16.6. The zero-order valence-electron chi connectivity index (χ0n) is 34.6. The van der Waals surface area contributed by atoms with E-state index in [0.717, 1.165) is 69.8 Å². The van der Waals surface area contributed by atoms with Crippen LogP contribution in [0.1, 0.15) is 96.2 Å². The second kappa shape index (κ2) is 18.8. The van der Waals surface area contributed by atoms with E-state index in [1.807, 2.05) is 54.6 Å². The number of ketones is 1. The van der Waals surface area contributed by atoms with Crippen molar-refractivity contribution in [2.45, 2.75) is 89.3 Å². The molecule has 6 nitrogen and oxygen atoms in total. The molecule has 0 radical (unpaired) electrons. The fraction of sp³-hybridized carbons (Fsp3) is 0.315. The normalized spacial score (nSPS) is 21.2. The molecule has 0 fully saturated rings. The molecule has 2 aliphatic heterocycles. The van der Waals surface area contributed by atoms with Gasteiger partial charge in [0.15, 0.2) is 11.5 Å². The van der Waals surface area contributed by atoms with Crippen LogP contribution in [0.2, 0.25) is 0 Å². The van der Waals surface area contributed by atoms with Crippen LogP contribution in [-0.4, -0.2) is 29.2 Å². The number of aryl methyl sites for hydroxylation is 2. The number of phenols is 1. The summed E-state index contributed by atoms with van der Waals surface area (Å²) in [5, 5.41) is 24.7. The number of aromatic hydroxyl groups is 1. The Kier molecular flexibility index (Phi) is 12.7. The number of benzene rings is 5. The van der Waals surface area contributed by atoms with E-state index in [1.54, 1.807) is 13.2 Å². The van der Waals surface area contributed by atoms with Gasteiger partial charge in [-0.15, -0.1) is 0 Å². The van der Waals surface area contributed by atoms with E-state index >= 15 is 0 Å². The van der Waals surface area contributed by atoms with Crippen molar-refractivity contribution in [1.82, 2.24) is 0 Å². The van der Waals surface area contributed by atoms with Gasteiger partial charge in [-0.1, -0.05) is 116 Å². The molecule has 5 atom stereocenters. The van der Waals surface area contributed by atoms with Crippen LogP contribution in [0.15, 0.2) is 127 Å². The monoisotopic (exact) mass is 798 g/mol. The summed E-state index contributed by atoms with van der Waals surface area (Å²) in [6.07, 6.45) is 19.0. The van der Waals surface area contributed by atoms with Crippen LogP contribution in [0.4, 0.5) is 0 Å². The van der Waals surface area contributed by atoms with Gasteiger partial charge in [-0.2, -0.15) is 0 Å². The van der Waals surface area contributed by atoms with Crippen molar-refractivity contribution in [2.24, 2.45) is 11.8 Å². The molecule has 5 aromatic carbocycles. The third-order valence-corrected chi connectivity index (χ3v) is 12.5. The van der Waals surface area contributed by atoms with E-state index in [2.05, 4.69) is 85.7 Å². The average Bonchev–Trinajstić information content (AvgIpc) is 3.26. The summed E-state index contributed by atoms with van der Waals surface area (Å²) in [6, 6.07) is 32.7. The molecule has 6 heteroatoms. The quantitative estimate of drug-likeness (QED) is 0.108. The van der Waals surface area contributed by atoms with Gasteiger partial charge >= 0.3 is 0 Å². The van der Waals surface area contributed by atoms with Crippen molar-refractivity contribution in [3.8, 4) is 29.3 Å². The highest BCUT2D eigenvalue weighted by Crippen LogP contribution is 2.45. The standard InChI is InChI=1S/C54H54O6/c1-36-17-24-47-42-21-25-48-53(50(57)34-49(36)54(47)48)41(29-38-14-7-4-8-15-38)27-28-59-46(33-45(56)22-18-39-19-26-51(58-2)52(30-39)60-35-42)32-43-31-44(55)23-20-40(43)16-10-9-13-37-11-5-3-6-12-37/h3-8,11-12,14-15,17,19-21,23-26,30-31,34,36,40-41,43,46,55,57H,9-10,13,16,18,22,29,32-33,35H2,1-2H3/t36-,40-,41+,43+,46+/m1/s1. The molecule has 2 N–H and O–H groups in total. The fourth-order valence-electron chi connectivity index (χ4n) is 9.21. The molecular formula is C54H54O6. The highest BCUT2D eigenvalue weighted by Gasteiger charge is 2.28. The lowest BCUT2D eigenvalue weighted by atomic mass is 9.80.